The number of rotatable bonds is 1. The lowest BCUT2D eigenvalue weighted by molar-refractivity contribution is -0.338. The number of ether oxygens (including phenoxy) is 2. The predicted molar refractivity (Wildman–Crippen MR) is 43.4 cm³/mol. The summed E-state index contributed by atoms with van der Waals surface area (Å²) in [7, 11) is 0. The summed E-state index contributed by atoms with van der Waals surface area (Å²) in [5.74, 6) is -1.07. The maximum Gasteiger partial charge on any atom is 0.417 e. The fourth-order valence-electron chi connectivity index (χ4n) is 1.36. The van der Waals surface area contributed by atoms with Crippen LogP contribution in [0.5, 0.6) is 0 Å². The van der Waals surface area contributed by atoms with Gasteiger partial charge in [-0.25, -0.2) is 4.39 Å². The standard InChI is InChI=1S/C8H10F4O5/c1-2(13)16-7-3(9)4(14)5(15)6(17-7)8(10,11)12/h3-7,14-15H,1H3/t3-,4+,5+,6-,7-/m1/s1. The molecule has 1 saturated heterocycles. The number of halogens is 4. The number of carbonyl (C=O) groups excluding carboxylic acids is 1. The Hall–Kier alpha value is -0.930. The molecule has 5 nitrogen and oxygen atoms in total. The zero-order valence-corrected chi connectivity index (χ0v) is 8.52. The van der Waals surface area contributed by atoms with Crippen molar-refractivity contribution in [1.29, 1.82) is 0 Å². The number of aliphatic hydroxyl groups excluding tert-OH is 2. The molecule has 0 aromatic carbocycles. The van der Waals surface area contributed by atoms with Crippen LogP contribution in [0.2, 0.25) is 0 Å². The fourth-order valence-corrected chi connectivity index (χ4v) is 1.36. The van der Waals surface area contributed by atoms with Gasteiger partial charge in [0.05, 0.1) is 0 Å². The summed E-state index contributed by atoms with van der Waals surface area (Å²) in [4.78, 5) is 10.5. The second-order valence-corrected chi connectivity index (χ2v) is 3.50. The molecule has 0 bridgehead atoms. The van der Waals surface area contributed by atoms with Crippen molar-refractivity contribution in [2.24, 2.45) is 0 Å². The van der Waals surface area contributed by atoms with E-state index in [1.165, 1.54) is 0 Å². The average Bonchev–Trinajstić information content (AvgIpc) is 2.16. The van der Waals surface area contributed by atoms with Crippen molar-refractivity contribution >= 4 is 5.97 Å². The summed E-state index contributed by atoms with van der Waals surface area (Å²) in [6.45, 7) is 0.843. The van der Waals surface area contributed by atoms with E-state index in [4.69, 9.17) is 10.2 Å². The van der Waals surface area contributed by atoms with Gasteiger partial charge in [-0.2, -0.15) is 13.2 Å². The third-order valence-corrected chi connectivity index (χ3v) is 2.13. The maximum atomic E-state index is 13.2. The average molecular weight is 262 g/mol. The number of hydrogen-bond donors (Lipinski definition) is 2. The van der Waals surface area contributed by atoms with Crippen molar-refractivity contribution in [3.63, 3.8) is 0 Å². The molecule has 0 aliphatic carbocycles. The van der Waals surface area contributed by atoms with Gasteiger partial charge >= 0.3 is 12.1 Å². The molecular formula is C8H10F4O5. The molecule has 0 amide bonds. The van der Waals surface area contributed by atoms with Gasteiger partial charge in [-0.3, -0.25) is 4.79 Å². The lowest BCUT2D eigenvalue weighted by Crippen LogP contribution is -2.61. The highest BCUT2D eigenvalue weighted by Crippen LogP contribution is 2.34. The Labute approximate surface area is 92.9 Å². The van der Waals surface area contributed by atoms with Crippen molar-refractivity contribution in [1.82, 2.24) is 0 Å². The van der Waals surface area contributed by atoms with E-state index in [1.807, 2.05) is 0 Å². The van der Waals surface area contributed by atoms with E-state index in [2.05, 4.69) is 9.47 Å². The summed E-state index contributed by atoms with van der Waals surface area (Å²) in [6, 6.07) is 0. The van der Waals surface area contributed by atoms with Gasteiger partial charge in [0.2, 0.25) is 6.29 Å². The monoisotopic (exact) mass is 262 g/mol. The fraction of sp³-hybridized carbons (Fsp3) is 0.875. The lowest BCUT2D eigenvalue weighted by Gasteiger charge is -2.39. The van der Waals surface area contributed by atoms with Gasteiger partial charge in [-0.1, -0.05) is 0 Å². The molecule has 9 heteroatoms. The molecule has 100 valence electrons. The van der Waals surface area contributed by atoms with Crippen molar-refractivity contribution in [3.05, 3.63) is 0 Å². The Kier molecular flexibility index (Phi) is 3.95. The van der Waals surface area contributed by atoms with Crippen molar-refractivity contribution < 1.29 is 42.0 Å². The third kappa shape index (κ3) is 3.05. The van der Waals surface area contributed by atoms with Crippen molar-refractivity contribution in [3.8, 4) is 0 Å². The van der Waals surface area contributed by atoms with Crippen LogP contribution in [0.3, 0.4) is 0 Å². The normalized spacial score (nSPS) is 38.9. The topological polar surface area (TPSA) is 76.0 Å². The van der Waals surface area contributed by atoms with Gasteiger partial charge in [0.15, 0.2) is 12.3 Å². The molecule has 0 aromatic heterocycles. The summed E-state index contributed by atoms with van der Waals surface area (Å²) < 4.78 is 58.5. The molecule has 1 aliphatic rings. The van der Waals surface area contributed by atoms with Crippen molar-refractivity contribution in [2.75, 3.05) is 0 Å². The summed E-state index contributed by atoms with van der Waals surface area (Å²) >= 11 is 0. The SMILES string of the molecule is CC(=O)O[C@@H]1O[C@@H](C(F)(F)F)[C@@H](O)[C@@H](O)[C@H]1F. The highest BCUT2D eigenvalue weighted by molar-refractivity contribution is 5.66. The summed E-state index contributed by atoms with van der Waals surface area (Å²) in [5, 5.41) is 18.1. The predicted octanol–water partition coefficient (Wildman–Crippen LogP) is -0.103. The highest BCUT2D eigenvalue weighted by atomic mass is 19.4. The molecule has 1 aliphatic heterocycles. The molecule has 1 fully saturated rings. The number of carbonyl (C=O) groups is 1. The van der Waals surface area contributed by atoms with Gasteiger partial charge in [0.1, 0.15) is 12.2 Å². The van der Waals surface area contributed by atoms with Crippen LogP contribution >= 0.6 is 0 Å². The van der Waals surface area contributed by atoms with Crippen LogP contribution in [-0.2, 0) is 14.3 Å². The van der Waals surface area contributed by atoms with Crippen LogP contribution in [0.1, 0.15) is 6.92 Å². The summed E-state index contributed by atoms with van der Waals surface area (Å²) in [5.41, 5.74) is 0. The Bertz CT molecular complexity index is 294. The zero-order chi connectivity index (χ0) is 13.4. The van der Waals surface area contributed by atoms with Crippen LogP contribution < -0.4 is 0 Å². The van der Waals surface area contributed by atoms with E-state index in [0.29, 0.717) is 0 Å². The molecular weight excluding hydrogens is 252 g/mol. The quantitative estimate of drug-likeness (QED) is 0.509. The maximum absolute atomic E-state index is 13.2. The van der Waals surface area contributed by atoms with E-state index < -0.39 is 42.9 Å². The molecule has 0 aromatic rings. The van der Waals surface area contributed by atoms with E-state index in [-0.39, 0.29) is 0 Å². The Morgan fingerprint density at radius 1 is 1.29 bits per heavy atom. The zero-order valence-electron chi connectivity index (χ0n) is 8.52. The van der Waals surface area contributed by atoms with Crippen LogP contribution in [0.4, 0.5) is 17.6 Å². The smallest absolute Gasteiger partial charge is 0.417 e. The molecule has 1 heterocycles. The largest absolute Gasteiger partial charge is 0.433 e. The Balaban J connectivity index is 2.86. The molecule has 0 unspecified atom stereocenters. The second-order valence-electron chi connectivity index (χ2n) is 3.50. The minimum Gasteiger partial charge on any atom is -0.433 e. The van der Waals surface area contributed by atoms with Gasteiger partial charge in [-0.15, -0.1) is 0 Å². The van der Waals surface area contributed by atoms with E-state index in [9.17, 15) is 22.4 Å². The van der Waals surface area contributed by atoms with Crippen molar-refractivity contribution in [2.45, 2.75) is 43.9 Å². The van der Waals surface area contributed by atoms with Gasteiger partial charge < -0.3 is 19.7 Å². The first kappa shape index (κ1) is 14.1. The van der Waals surface area contributed by atoms with Gasteiger partial charge in [-0.05, 0) is 0 Å². The molecule has 2 N–H and O–H groups in total. The van der Waals surface area contributed by atoms with Gasteiger partial charge in [0, 0.05) is 6.92 Å². The number of hydrogen-bond acceptors (Lipinski definition) is 5. The van der Waals surface area contributed by atoms with E-state index in [1.54, 1.807) is 0 Å². The van der Waals surface area contributed by atoms with E-state index >= 15 is 0 Å². The lowest BCUT2D eigenvalue weighted by atomic mass is 9.99. The third-order valence-electron chi connectivity index (χ3n) is 2.13. The second kappa shape index (κ2) is 4.75. The van der Waals surface area contributed by atoms with Crippen LogP contribution in [0.15, 0.2) is 0 Å². The molecule has 0 radical (unpaired) electrons. The number of esters is 1. The molecule has 1 rings (SSSR count). The van der Waals surface area contributed by atoms with E-state index in [0.717, 1.165) is 6.92 Å². The van der Waals surface area contributed by atoms with Crippen LogP contribution in [0.25, 0.3) is 0 Å². The number of alkyl halides is 4. The Morgan fingerprint density at radius 3 is 2.24 bits per heavy atom. The number of aliphatic hydroxyl groups is 2. The minimum absolute atomic E-state index is 0.843. The Morgan fingerprint density at radius 2 is 1.82 bits per heavy atom. The van der Waals surface area contributed by atoms with Crippen LogP contribution in [0, 0.1) is 0 Å². The minimum atomic E-state index is -5.01. The molecule has 0 spiro atoms. The molecule has 0 saturated carbocycles. The molecule has 5 atom stereocenters. The highest BCUT2D eigenvalue weighted by Gasteiger charge is 2.56. The van der Waals surface area contributed by atoms with Crippen LogP contribution in [-0.4, -0.2) is 53.1 Å². The first-order chi connectivity index (χ1) is 7.64. The van der Waals surface area contributed by atoms with Gasteiger partial charge in [0.25, 0.3) is 0 Å². The first-order valence-electron chi connectivity index (χ1n) is 4.54. The summed E-state index contributed by atoms with van der Waals surface area (Å²) in [6.07, 6.45) is -17.3. The molecule has 17 heavy (non-hydrogen) atoms. The first-order valence-corrected chi connectivity index (χ1v) is 4.54.